The van der Waals surface area contributed by atoms with E-state index in [1.165, 1.54) is 11.3 Å². The summed E-state index contributed by atoms with van der Waals surface area (Å²) in [5.41, 5.74) is 1.07. The minimum absolute atomic E-state index is 0.0121. The van der Waals surface area contributed by atoms with Gasteiger partial charge in [-0.2, -0.15) is 0 Å². The normalized spacial score (nSPS) is 18.7. The number of hydrogen-bond acceptors (Lipinski definition) is 5. The second-order valence-electron chi connectivity index (χ2n) is 5.88. The second-order valence-corrected chi connectivity index (χ2v) is 6.94. The van der Waals surface area contributed by atoms with Crippen molar-refractivity contribution in [2.45, 2.75) is 32.7 Å². The predicted octanol–water partition coefficient (Wildman–Crippen LogP) is 2.65. The molecule has 2 aromatic rings. The average molecular weight is 344 g/mol. The van der Waals surface area contributed by atoms with Crippen LogP contribution >= 0.6 is 11.3 Å². The number of rotatable bonds is 5. The number of aromatic nitrogens is 2. The second kappa shape index (κ2) is 7.09. The molecule has 2 atom stereocenters. The molecule has 126 valence electrons. The van der Waals surface area contributed by atoms with Gasteiger partial charge in [0.05, 0.1) is 12.0 Å². The van der Waals surface area contributed by atoms with Gasteiger partial charge in [-0.25, -0.2) is 0 Å². The van der Waals surface area contributed by atoms with Gasteiger partial charge in [0.1, 0.15) is 5.01 Å². The fourth-order valence-electron chi connectivity index (χ4n) is 2.85. The Morgan fingerprint density at radius 2 is 2.12 bits per heavy atom. The lowest BCUT2D eigenvalue weighted by atomic mass is 10.1. The first-order chi connectivity index (χ1) is 11.6. The van der Waals surface area contributed by atoms with Crippen LogP contribution in [0.5, 0.6) is 0 Å². The Labute approximate surface area is 144 Å². The van der Waals surface area contributed by atoms with Gasteiger partial charge in [-0.15, -0.1) is 10.2 Å². The summed E-state index contributed by atoms with van der Waals surface area (Å²) < 4.78 is 0. The first-order valence-electron chi connectivity index (χ1n) is 8.06. The molecule has 1 N–H and O–H groups in total. The first-order valence-corrected chi connectivity index (χ1v) is 8.87. The van der Waals surface area contributed by atoms with Gasteiger partial charge in [0, 0.05) is 13.0 Å². The minimum atomic E-state index is -0.349. The number of aryl methyl sites for hydroxylation is 1. The van der Waals surface area contributed by atoms with Crippen LogP contribution in [0.1, 0.15) is 36.9 Å². The van der Waals surface area contributed by atoms with Crippen LogP contribution < -0.4 is 5.32 Å². The molecule has 2 heterocycles. The third-order valence-corrected chi connectivity index (χ3v) is 5.26. The van der Waals surface area contributed by atoms with Crippen LogP contribution in [0.25, 0.3) is 0 Å². The summed E-state index contributed by atoms with van der Waals surface area (Å²) in [7, 11) is 0. The molecule has 7 heteroatoms. The third-order valence-electron chi connectivity index (χ3n) is 4.28. The maximum absolute atomic E-state index is 12.4. The molecule has 0 bridgehead atoms. The summed E-state index contributed by atoms with van der Waals surface area (Å²) in [6.45, 7) is 4.41. The van der Waals surface area contributed by atoms with Crippen LogP contribution in [0.3, 0.4) is 0 Å². The smallest absolute Gasteiger partial charge is 0.231 e. The number of carbonyl (C=O) groups is 2. The molecule has 0 saturated carbocycles. The minimum Gasteiger partial charge on any atom is -0.335 e. The predicted molar refractivity (Wildman–Crippen MR) is 92.6 cm³/mol. The van der Waals surface area contributed by atoms with E-state index in [0.29, 0.717) is 11.7 Å². The topological polar surface area (TPSA) is 75.2 Å². The molecule has 1 aromatic carbocycles. The van der Waals surface area contributed by atoms with E-state index in [1.54, 1.807) is 4.90 Å². The SMILES string of the molecule is CCc1nnc(NC(=O)[C@@H]2CC(=O)N([C@@H](C)c3ccccc3)C2)s1. The summed E-state index contributed by atoms with van der Waals surface area (Å²) in [5.74, 6) is -0.499. The number of nitrogens with one attached hydrogen (secondary N) is 1. The Kier molecular flexibility index (Phi) is 4.89. The molecule has 1 fully saturated rings. The third kappa shape index (κ3) is 3.46. The Morgan fingerprint density at radius 1 is 1.38 bits per heavy atom. The van der Waals surface area contributed by atoms with Crippen molar-refractivity contribution in [2.24, 2.45) is 5.92 Å². The van der Waals surface area contributed by atoms with Crippen LogP contribution in [-0.2, 0) is 16.0 Å². The van der Waals surface area contributed by atoms with Gasteiger partial charge < -0.3 is 10.2 Å². The Balaban J connectivity index is 1.64. The molecule has 0 radical (unpaired) electrons. The molecule has 24 heavy (non-hydrogen) atoms. The van der Waals surface area contributed by atoms with Crippen LogP contribution in [0, 0.1) is 5.92 Å². The highest BCUT2D eigenvalue weighted by atomic mass is 32.1. The van der Waals surface area contributed by atoms with Crippen molar-refractivity contribution < 1.29 is 9.59 Å². The van der Waals surface area contributed by atoms with Gasteiger partial charge >= 0.3 is 0 Å². The van der Waals surface area contributed by atoms with Gasteiger partial charge in [0.15, 0.2) is 0 Å². The summed E-state index contributed by atoms with van der Waals surface area (Å²) in [5, 5.41) is 12.1. The molecule has 3 rings (SSSR count). The Morgan fingerprint density at radius 3 is 2.79 bits per heavy atom. The summed E-state index contributed by atoms with van der Waals surface area (Å²) in [6.07, 6.45) is 1.03. The molecule has 1 aliphatic rings. The first kappa shape index (κ1) is 16.6. The van der Waals surface area contributed by atoms with E-state index in [0.717, 1.165) is 17.0 Å². The van der Waals surface area contributed by atoms with E-state index in [9.17, 15) is 9.59 Å². The zero-order chi connectivity index (χ0) is 17.1. The van der Waals surface area contributed by atoms with E-state index in [-0.39, 0.29) is 30.2 Å². The van der Waals surface area contributed by atoms with Crippen molar-refractivity contribution in [3.05, 3.63) is 40.9 Å². The number of carbonyl (C=O) groups excluding carboxylic acids is 2. The molecule has 0 aliphatic carbocycles. The highest BCUT2D eigenvalue weighted by molar-refractivity contribution is 7.15. The molecule has 0 spiro atoms. The molecule has 1 saturated heterocycles. The quantitative estimate of drug-likeness (QED) is 0.905. The number of nitrogens with zero attached hydrogens (tertiary/aromatic N) is 3. The number of benzene rings is 1. The number of anilines is 1. The van der Waals surface area contributed by atoms with E-state index in [1.807, 2.05) is 44.2 Å². The van der Waals surface area contributed by atoms with E-state index >= 15 is 0 Å². The van der Waals surface area contributed by atoms with E-state index in [2.05, 4.69) is 15.5 Å². The largest absolute Gasteiger partial charge is 0.335 e. The van der Waals surface area contributed by atoms with Crippen molar-refractivity contribution in [1.29, 1.82) is 0 Å². The van der Waals surface area contributed by atoms with Gasteiger partial charge in [0.25, 0.3) is 0 Å². The van der Waals surface area contributed by atoms with E-state index < -0.39 is 0 Å². The lowest BCUT2D eigenvalue weighted by Crippen LogP contribution is -2.30. The number of hydrogen-bond donors (Lipinski definition) is 1. The zero-order valence-electron chi connectivity index (χ0n) is 13.7. The van der Waals surface area contributed by atoms with Crippen molar-refractivity contribution >= 4 is 28.3 Å². The summed E-state index contributed by atoms with van der Waals surface area (Å²) in [4.78, 5) is 26.5. The average Bonchev–Trinajstić information content (AvgIpc) is 3.21. The van der Waals surface area contributed by atoms with E-state index in [4.69, 9.17) is 0 Å². The van der Waals surface area contributed by atoms with Crippen molar-refractivity contribution in [1.82, 2.24) is 15.1 Å². The molecular weight excluding hydrogens is 324 g/mol. The summed E-state index contributed by atoms with van der Waals surface area (Å²) in [6, 6.07) is 9.82. The molecule has 2 amide bonds. The van der Waals surface area contributed by atoms with Crippen LogP contribution in [0.15, 0.2) is 30.3 Å². The monoisotopic (exact) mass is 344 g/mol. The highest BCUT2D eigenvalue weighted by Crippen LogP contribution is 2.29. The molecule has 1 aliphatic heterocycles. The van der Waals surface area contributed by atoms with Crippen molar-refractivity contribution in [3.63, 3.8) is 0 Å². The lowest BCUT2D eigenvalue weighted by molar-refractivity contribution is -0.129. The van der Waals surface area contributed by atoms with Crippen molar-refractivity contribution in [3.8, 4) is 0 Å². The number of amides is 2. The van der Waals surface area contributed by atoms with Crippen LogP contribution in [0.2, 0.25) is 0 Å². The molecule has 6 nitrogen and oxygen atoms in total. The zero-order valence-corrected chi connectivity index (χ0v) is 14.5. The maximum Gasteiger partial charge on any atom is 0.231 e. The Bertz CT molecular complexity index is 731. The maximum atomic E-state index is 12.4. The standard InChI is InChI=1S/C17H20N4O2S/c1-3-14-19-20-17(24-14)18-16(23)13-9-15(22)21(10-13)11(2)12-7-5-4-6-8-12/h4-8,11,13H,3,9-10H2,1-2H3,(H,18,20,23)/t11-,13+/m0/s1. The molecule has 1 aromatic heterocycles. The van der Waals surface area contributed by atoms with Crippen LogP contribution in [-0.4, -0.2) is 33.5 Å². The Hall–Kier alpha value is -2.28. The van der Waals surface area contributed by atoms with Gasteiger partial charge in [-0.3, -0.25) is 9.59 Å². The number of likely N-dealkylation sites (tertiary alicyclic amines) is 1. The van der Waals surface area contributed by atoms with Gasteiger partial charge in [-0.05, 0) is 18.9 Å². The van der Waals surface area contributed by atoms with Gasteiger partial charge in [-0.1, -0.05) is 48.6 Å². The lowest BCUT2D eigenvalue weighted by Gasteiger charge is -2.25. The summed E-state index contributed by atoms with van der Waals surface area (Å²) >= 11 is 1.37. The fraction of sp³-hybridized carbons (Fsp3) is 0.412. The van der Waals surface area contributed by atoms with Crippen molar-refractivity contribution in [2.75, 3.05) is 11.9 Å². The van der Waals surface area contributed by atoms with Crippen LogP contribution in [0.4, 0.5) is 5.13 Å². The van der Waals surface area contributed by atoms with Gasteiger partial charge in [0.2, 0.25) is 16.9 Å². The molecule has 0 unspecified atom stereocenters. The molecular formula is C17H20N4O2S. The highest BCUT2D eigenvalue weighted by Gasteiger charge is 2.37. The fourth-order valence-corrected chi connectivity index (χ4v) is 3.53.